The highest BCUT2D eigenvalue weighted by atomic mass is 79.9. The van der Waals surface area contributed by atoms with Gasteiger partial charge in [0.05, 0.1) is 30.3 Å². The van der Waals surface area contributed by atoms with Crippen LogP contribution in [-0.4, -0.2) is 37.6 Å². The van der Waals surface area contributed by atoms with Gasteiger partial charge in [0.1, 0.15) is 11.8 Å². The number of rotatable bonds is 6. The summed E-state index contributed by atoms with van der Waals surface area (Å²) in [6.45, 7) is 1.83. The van der Waals surface area contributed by atoms with E-state index >= 15 is 0 Å². The third kappa shape index (κ3) is 4.05. The number of para-hydroxylation sites is 1. The molecule has 2 aliphatic heterocycles. The van der Waals surface area contributed by atoms with Gasteiger partial charge in [0.25, 0.3) is 0 Å². The summed E-state index contributed by atoms with van der Waals surface area (Å²) < 4.78 is 12.4. The molecule has 38 heavy (non-hydrogen) atoms. The van der Waals surface area contributed by atoms with Crippen LogP contribution >= 0.6 is 31.9 Å². The molecule has 0 radical (unpaired) electrons. The highest BCUT2D eigenvalue weighted by Gasteiger charge is 2.67. The highest BCUT2D eigenvalue weighted by Crippen LogP contribution is 2.56. The SMILES string of the molecule is CCOC(=O)[C@@]1(C#N)[C@H](c2ccc(Br)cc2)[C@H](C(=O)c2ccc(OC)c(Br)c2)N2c3ccccc3C=C[C@@H]21. The lowest BCUT2D eigenvalue weighted by Crippen LogP contribution is -2.47. The Morgan fingerprint density at radius 2 is 1.82 bits per heavy atom. The number of carbonyl (C=O) groups excluding carboxylic acids is 2. The van der Waals surface area contributed by atoms with Crippen LogP contribution in [0.4, 0.5) is 5.69 Å². The second-order valence-electron chi connectivity index (χ2n) is 9.16. The number of ketones is 1. The van der Waals surface area contributed by atoms with Gasteiger partial charge in [0, 0.05) is 21.6 Å². The molecular weight excluding hydrogens is 612 g/mol. The molecule has 2 aliphatic rings. The molecule has 1 saturated heterocycles. The third-order valence-electron chi connectivity index (χ3n) is 7.28. The van der Waals surface area contributed by atoms with Gasteiger partial charge in [-0.15, -0.1) is 0 Å². The number of halogens is 2. The number of fused-ring (bicyclic) bond motifs is 3. The minimum Gasteiger partial charge on any atom is -0.496 e. The molecule has 1 fully saturated rings. The fourth-order valence-corrected chi connectivity index (χ4v) is 6.46. The largest absolute Gasteiger partial charge is 0.496 e. The van der Waals surface area contributed by atoms with Gasteiger partial charge in [0.15, 0.2) is 11.2 Å². The molecule has 8 heteroatoms. The molecule has 3 aromatic carbocycles. The molecule has 3 aromatic rings. The molecule has 0 aromatic heterocycles. The Morgan fingerprint density at radius 1 is 1.08 bits per heavy atom. The van der Waals surface area contributed by atoms with Gasteiger partial charge >= 0.3 is 5.97 Å². The van der Waals surface area contributed by atoms with Crippen LogP contribution in [0, 0.1) is 16.7 Å². The van der Waals surface area contributed by atoms with Gasteiger partial charge in [0.2, 0.25) is 0 Å². The van der Waals surface area contributed by atoms with Crippen LogP contribution < -0.4 is 9.64 Å². The van der Waals surface area contributed by atoms with Gasteiger partial charge in [-0.3, -0.25) is 9.59 Å². The summed E-state index contributed by atoms with van der Waals surface area (Å²) in [6, 6.07) is 21.1. The Kier molecular flexibility index (Phi) is 7.17. The van der Waals surface area contributed by atoms with Gasteiger partial charge < -0.3 is 14.4 Å². The molecule has 0 saturated carbocycles. The van der Waals surface area contributed by atoms with Crippen molar-refractivity contribution in [3.05, 3.63) is 98.4 Å². The molecule has 4 atom stereocenters. The molecule has 0 bridgehead atoms. The molecule has 0 N–H and O–H groups in total. The average Bonchev–Trinajstić information content (AvgIpc) is 3.25. The topological polar surface area (TPSA) is 79.6 Å². The van der Waals surface area contributed by atoms with Crippen LogP contribution in [0.2, 0.25) is 0 Å². The van der Waals surface area contributed by atoms with Gasteiger partial charge in [-0.1, -0.05) is 58.4 Å². The van der Waals surface area contributed by atoms with E-state index in [9.17, 15) is 14.9 Å². The normalized spacial score (nSPS) is 23.2. The number of ether oxygens (including phenoxy) is 2. The first-order valence-electron chi connectivity index (χ1n) is 12.1. The van der Waals surface area contributed by atoms with Crippen LogP contribution in [0.25, 0.3) is 6.08 Å². The maximum absolute atomic E-state index is 14.5. The molecule has 0 aliphatic carbocycles. The number of nitriles is 1. The van der Waals surface area contributed by atoms with Gasteiger partial charge in [-0.2, -0.15) is 5.26 Å². The van der Waals surface area contributed by atoms with E-state index in [1.807, 2.05) is 65.6 Å². The smallest absolute Gasteiger partial charge is 0.329 e. The zero-order valence-electron chi connectivity index (χ0n) is 20.7. The third-order valence-corrected chi connectivity index (χ3v) is 8.43. The summed E-state index contributed by atoms with van der Waals surface area (Å²) in [5.74, 6) is -1.06. The van der Waals surface area contributed by atoms with E-state index < -0.39 is 29.4 Å². The number of hydrogen-bond acceptors (Lipinski definition) is 6. The number of carbonyl (C=O) groups is 2. The van der Waals surface area contributed by atoms with Crippen LogP contribution in [-0.2, 0) is 9.53 Å². The first-order valence-corrected chi connectivity index (χ1v) is 13.7. The highest BCUT2D eigenvalue weighted by molar-refractivity contribution is 9.10. The van der Waals surface area contributed by atoms with E-state index in [1.54, 1.807) is 32.2 Å². The van der Waals surface area contributed by atoms with Crippen molar-refractivity contribution < 1.29 is 19.1 Å². The summed E-state index contributed by atoms with van der Waals surface area (Å²) in [5, 5.41) is 10.8. The number of anilines is 1. The van der Waals surface area contributed by atoms with E-state index in [2.05, 4.69) is 37.9 Å². The summed E-state index contributed by atoms with van der Waals surface area (Å²) in [5.41, 5.74) is 1.17. The molecular formula is C30H24Br2N2O4. The van der Waals surface area contributed by atoms with E-state index in [-0.39, 0.29) is 12.4 Å². The maximum atomic E-state index is 14.5. The molecule has 6 nitrogen and oxygen atoms in total. The van der Waals surface area contributed by atoms with Crippen molar-refractivity contribution in [2.45, 2.75) is 24.9 Å². The van der Waals surface area contributed by atoms with E-state index in [4.69, 9.17) is 9.47 Å². The molecule has 0 amide bonds. The Hall–Kier alpha value is -3.41. The predicted octanol–water partition coefficient (Wildman–Crippen LogP) is 6.54. The van der Waals surface area contributed by atoms with Crippen molar-refractivity contribution in [3.63, 3.8) is 0 Å². The number of hydrogen-bond donors (Lipinski definition) is 0. The summed E-state index contributed by atoms with van der Waals surface area (Å²) in [4.78, 5) is 30.2. The average molecular weight is 636 g/mol. The van der Waals surface area contributed by atoms with E-state index in [0.717, 1.165) is 15.7 Å². The second-order valence-corrected chi connectivity index (χ2v) is 10.9. The first-order chi connectivity index (χ1) is 18.4. The number of Topliss-reactive ketones (excluding diaryl/α,β-unsaturated/α-hetero) is 1. The lowest BCUT2D eigenvalue weighted by Gasteiger charge is -2.36. The van der Waals surface area contributed by atoms with Crippen LogP contribution in [0.5, 0.6) is 5.75 Å². The minimum absolute atomic E-state index is 0.117. The summed E-state index contributed by atoms with van der Waals surface area (Å²) in [7, 11) is 1.56. The molecule has 2 heterocycles. The minimum atomic E-state index is -1.67. The summed E-state index contributed by atoms with van der Waals surface area (Å²) >= 11 is 6.97. The van der Waals surface area contributed by atoms with Gasteiger partial charge in [-0.05, 0) is 70.4 Å². The number of nitrogens with zero attached hydrogens (tertiary/aromatic N) is 2. The molecule has 5 rings (SSSR count). The van der Waals surface area contributed by atoms with Crippen molar-refractivity contribution >= 4 is 55.4 Å². The Morgan fingerprint density at radius 3 is 2.47 bits per heavy atom. The molecule has 192 valence electrons. The fraction of sp³-hybridized carbons (Fsp3) is 0.233. The predicted molar refractivity (Wildman–Crippen MR) is 152 cm³/mol. The zero-order valence-corrected chi connectivity index (χ0v) is 23.9. The lowest BCUT2D eigenvalue weighted by atomic mass is 9.68. The molecule has 0 spiro atoms. The Balaban J connectivity index is 1.79. The monoisotopic (exact) mass is 634 g/mol. The standard InChI is InChI=1S/C30H24Br2N2O4/c1-3-38-29(36)30(17-33)25-15-11-18-6-4-5-7-23(18)34(25)27(26(30)19-8-12-21(31)13-9-19)28(35)20-10-14-24(37-2)22(32)16-20/h4-16,25-27H,3H2,1-2H3/t25-,26-,27-,30-/m1/s1. The summed E-state index contributed by atoms with van der Waals surface area (Å²) in [6.07, 6.45) is 3.77. The first kappa shape index (κ1) is 26.2. The van der Waals surface area contributed by atoms with E-state index in [1.165, 1.54) is 0 Å². The lowest BCUT2D eigenvalue weighted by molar-refractivity contribution is -0.152. The van der Waals surface area contributed by atoms with Crippen molar-refractivity contribution in [1.82, 2.24) is 0 Å². The number of methoxy groups -OCH3 is 1. The van der Waals surface area contributed by atoms with Crippen LogP contribution in [0.1, 0.15) is 34.3 Å². The second kappa shape index (κ2) is 10.4. The van der Waals surface area contributed by atoms with Crippen molar-refractivity contribution in [2.24, 2.45) is 5.41 Å². The maximum Gasteiger partial charge on any atom is 0.329 e. The van der Waals surface area contributed by atoms with Crippen LogP contribution in [0.15, 0.2) is 81.8 Å². The van der Waals surface area contributed by atoms with E-state index in [0.29, 0.717) is 21.3 Å². The number of esters is 1. The fourth-order valence-electron chi connectivity index (χ4n) is 5.65. The van der Waals surface area contributed by atoms with Crippen molar-refractivity contribution in [2.75, 3.05) is 18.6 Å². The number of benzene rings is 3. The van der Waals surface area contributed by atoms with Crippen molar-refractivity contribution in [3.8, 4) is 11.8 Å². The van der Waals surface area contributed by atoms with Crippen molar-refractivity contribution in [1.29, 1.82) is 5.26 Å². The Labute approximate surface area is 238 Å². The van der Waals surface area contributed by atoms with Crippen LogP contribution in [0.3, 0.4) is 0 Å². The Bertz CT molecular complexity index is 1480. The van der Waals surface area contributed by atoms with Gasteiger partial charge in [-0.25, -0.2) is 0 Å². The molecule has 0 unspecified atom stereocenters. The zero-order chi connectivity index (χ0) is 27.0. The quantitative estimate of drug-likeness (QED) is 0.226.